The second-order valence-corrected chi connectivity index (χ2v) is 5.74. The van der Waals surface area contributed by atoms with Crippen LogP contribution in [0.5, 0.6) is 0 Å². The van der Waals surface area contributed by atoms with Crippen molar-refractivity contribution in [2.24, 2.45) is 5.73 Å². The van der Waals surface area contributed by atoms with E-state index in [0.29, 0.717) is 5.69 Å². The standard InChI is InChI=1S/C15H13Cl2FN2/c16-11-5-8(6-12(17)15(11)18)20-14-7-13(19)9-3-1-2-4-10(9)14/h1-6,13-14,20H,7,19H2. The number of nitrogens with two attached hydrogens (primary N) is 1. The van der Waals surface area contributed by atoms with E-state index in [1.165, 1.54) is 12.1 Å². The van der Waals surface area contributed by atoms with Gasteiger partial charge in [-0.05, 0) is 29.7 Å². The van der Waals surface area contributed by atoms with Crippen molar-refractivity contribution >= 4 is 28.9 Å². The molecule has 1 aliphatic rings. The first-order valence-electron chi connectivity index (χ1n) is 6.31. The number of benzene rings is 2. The van der Waals surface area contributed by atoms with Crippen LogP contribution in [-0.4, -0.2) is 0 Å². The molecule has 104 valence electrons. The largest absolute Gasteiger partial charge is 0.378 e. The molecular weight excluding hydrogens is 298 g/mol. The smallest absolute Gasteiger partial charge is 0.160 e. The molecule has 2 aromatic carbocycles. The molecule has 0 radical (unpaired) electrons. The Morgan fingerprint density at radius 3 is 2.35 bits per heavy atom. The van der Waals surface area contributed by atoms with Gasteiger partial charge in [0.15, 0.2) is 5.82 Å². The van der Waals surface area contributed by atoms with E-state index in [4.69, 9.17) is 28.9 Å². The van der Waals surface area contributed by atoms with Crippen molar-refractivity contribution in [2.45, 2.75) is 18.5 Å². The molecule has 2 unspecified atom stereocenters. The van der Waals surface area contributed by atoms with Crippen LogP contribution in [0.4, 0.5) is 10.1 Å². The predicted octanol–water partition coefficient (Wildman–Crippen LogP) is 4.69. The Labute approximate surface area is 126 Å². The fraction of sp³-hybridized carbons (Fsp3) is 0.200. The fourth-order valence-electron chi connectivity index (χ4n) is 2.65. The van der Waals surface area contributed by atoms with Gasteiger partial charge < -0.3 is 11.1 Å². The molecule has 2 nitrogen and oxygen atoms in total. The topological polar surface area (TPSA) is 38.0 Å². The number of rotatable bonds is 2. The van der Waals surface area contributed by atoms with Crippen molar-refractivity contribution < 1.29 is 4.39 Å². The van der Waals surface area contributed by atoms with E-state index in [1.54, 1.807) is 0 Å². The number of hydrogen-bond donors (Lipinski definition) is 2. The summed E-state index contributed by atoms with van der Waals surface area (Å²) in [5.74, 6) is -0.595. The summed E-state index contributed by atoms with van der Waals surface area (Å²) < 4.78 is 13.4. The second-order valence-electron chi connectivity index (χ2n) is 4.92. The van der Waals surface area contributed by atoms with E-state index in [2.05, 4.69) is 5.32 Å². The van der Waals surface area contributed by atoms with Gasteiger partial charge in [-0.3, -0.25) is 0 Å². The second kappa shape index (κ2) is 5.24. The normalized spacial score (nSPS) is 20.8. The molecule has 0 amide bonds. The Kier molecular flexibility index (Phi) is 3.59. The number of halogens is 3. The monoisotopic (exact) mass is 310 g/mol. The van der Waals surface area contributed by atoms with Gasteiger partial charge >= 0.3 is 0 Å². The van der Waals surface area contributed by atoms with Crippen LogP contribution in [0.15, 0.2) is 36.4 Å². The Bertz CT molecular complexity index is 637. The SMILES string of the molecule is NC1CC(Nc2cc(Cl)c(F)c(Cl)c2)c2ccccc21. The van der Waals surface area contributed by atoms with Gasteiger partial charge in [0, 0.05) is 11.7 Å². The van der Waals surface area contributed by atoms with Crippen molar-refractivity contribution in [3.63, 3.8) is 0 Å². The van der Waals surface area contributed by atoms with Crippen LogP contribution in [0.2, 0.25) is 10.0 Å². The summed E-state index contributed by atoms with van der Waals surface area (Å²) in [5.41, 5.74) is 9.12. The summed E-state index contributed by atoms with van der Waals surface area (Å²) in [6.07, 6.45) is 0.784. The zero-order valence-corrected chi connectivity index (χ0v) is 12.0. The zero-order chi connectivity index (χ0) is 14.3. The minimum atomic E-state index is -0.595. The summed E-state index contributed by atoms with van der Waals surface area (Å²) in [7, 11) is 0. The summed E-state index contributed by atoms with van der Waals surface area (Å²) in [6.45, 7) is 0. The lowest BCUT2D eigenvalue weighted by atomic mass is 10.1. The predicted molar refractivity (Wildman–Crippen MR) is 80.8 cm³/mol. The molecule has 0 saturated carbocycles. The van der Waals surface area contributed by atoms with Crippen LogP contribution < -0.4 is 11.1 Å². The molecule has 5 heteroatoms. The molecule has 0 saturated heterocycles. The summed E-state index contributed by atoms with van der Waals surface area (Å²) in [4.78, 5) is 0. The van der Waals surface area contributed by atoms with Crippen molar-refractivity contribution in [2.75, 3.05) is 5.32 Å². The number of fused-ring (bicyclic) bond motifs is 1. The average molecular weight is 311 g/mol. The van der Waals surface area contributed by atoms with Gasteiger partial charge in [-0.25, -0.2) is 4.39 Å². The molecule has 3 rings (SSSR count). The maximum Gasteiger partial charge on any atom is 0.160 e. The van der Waals surface area contributed by atoms with Crippen LogP contribution in [-0.2, 0) is 0 Å². The van der Waals surface area contributed by atoms with Crippen LogP contribution >= 0.6 is 23.2 Å². The number of anilines is 1. The molecule has 0 aromatic heterocycles. The van der Waals surface area contributed by atoms with Crippen molar-refractivity contribution in [3.05, 3.63) is 63.4 Å². The van der Waals surface area contributed by atoms with Crippen LogP contribution in [0.3, 0.4) is 0 Å². The number of nitrogens with one attached hydrogen (secondary N) is 1. The summed E-state index contributed by atoms with van der Waals surface area (Å²) in [6, 6.07) is 11.2. The first-order chi connectivity index (χ1) is 9.56. The minimum absolute atomic E-state index is 0.00934. The molecule has 0 spiro atoms. The highest BCUT2D eigenvalue weighted by molar-refractivity contribution is 6.35. The Morgan fingerprint density at radius 1 is 1.10 bits per heavy atom. The van der Waals surface area contributed by atoms with E-state index in [1.807, 2.05) is 24.3 Å². The lowest BCUT2D eigenvalue weighted by Gasteiger charge is -2.16. The van der Waals surface area contributed by atoms with Gasteiger partial charge in [-0.15, -0.1) is 0 Å². The third-order valence-electron chi connectivity index (χ3n) is 3.59. The highest BCUT2D eigenvalue weighted by Gasteiger charge is 2.28. The Balaban J connectivity index is 1.90. The third kappa shape index (κ3) is 2.37. The third-order valence-corrected chi connectivity index (χ3v) is 4.14. The highest BCUT2D eigenvalue weighted by Crippen LogP contribution is 2.40. The van der Waals surface area contributed by atoms with Crippen molar-refractivity contribution in [1.82, 2.24) is 0 Å². The molecule has 2 aromatic rings. The van der Waals surface area contributed by atoms with E-state index in [0.717, 1.165) is 17.5 Å². The van der Waals surface area contributed by atoms with Gasteiger partial charge in [0.05, 0.1) is 16.1 Å². The molecule has 20 heavy (non-hydrogen) atoms. The lowest BCUT2D eigenvalue weighted by molar-refractivity contribution is 0.627. The van der Waals surface area contributed by atoms with Crippen LogP contribution in [0.1, 0.15) is 29.6 Å². The quantitative estimate of drug-likeness (QED) is 0.790. The van der Waals surface area contributed by atoms with Gasteiger partial charge in [0.25, 0.3) is 0 Å². The fourth-order valence-corrected chi connectivity index (χ4v) is 3.14. The average Bonchev–Trinajstić information content (AvgIpc) is 2.73. The highest BCUT2D eigenvalue weighted by atomic mass is 35.5. The molecule has 1 aliphatic carbocycles. The van der Waals surface area contributed by atoms with E-state index < -0.39 is 5.82 Å². The Morgan fingerprint density at radius 2 is 1.70 bits per heavy atom. The van der Waals surface area contributed by atoms with Crippen molar-refractivity contribution in [3.8, 4) is 0 Å². The van der Waals surface area contributed by atoms with E-state index in [-0.39, 0.29) is 22.1 Å². The maximum atomic E-state index is 13.4. The van der Waals surface area contributed by atoms with Crippen LogP contribution in [0, 0.1) is 5.82 Å². The van der Waals surface area contributed by atoms with Gasteiger partial charge in [-0.1, -0.05) is 47.5 Å². The molecule has 0 fully saturated rings. The van der Waals surface area contributed by atoms with Gasteiger partial charge in [-0.2, -0.15) is 0 Å². The molecular formula is C15H13Cl2FN2. The maximum absolute atomic E-state index is 13.4. The summed E-state index contributed by atoms with van der Waals surface area (Å²) in [5, 5.41) is 3.34. The van der Waals surface area contributed by atoms with Crippen molar-refractivity contribution in [1.29, 1.82) is 0 Å². The molecule has 3 N–H and O–H groups in total. The molecule has 0 aliphatic heterocycles. The molecule has 2 atom stereocenters. The van der Waals surface area contributed by atoms with E-state index >= 15 is 0 Å². The number of hydrogen-bond acceptors (Lipinski definition) is 2. The molecule has 0 heterocycles. The Hall–Kier alpha value is -1.29. The summed E-state index contributed by atoms with van der Waals surface area (Å²) >= 11 is 11.6. The van der Waals surface area contributed by atoms with Crippen LogP contribution in [0.25, 0.3) is 0 Å². The first-order valence-corrected chi connectivity index (χ1v) is 7.07. The van der Waals surface area contributed by atoms with Gasteiger partial charge in [0.2, 0.25) is 0 Å². The first kappa shape index (κ1) is 13.7. The van der Waals surface area contributed by atoms with Gasteiger partial charge in [0.1, 0.15) is 0 Å². The molecule has 0 bridgehead atoms. The zero-order valence-electron chi connectivity index (χ0n) is 10.5. The lowest BCUT2D eigenvalue weighted by Crippen LogP contribution is -2.10. The minimum Gasteiger partial charge on any atom is -0.378 e. The van der Waals surface area contributed by atoms with E-state index in [9.17, 15) is 4.39 Å².